The highest BCUT2D eigenvalue weighted by atomic mass is 32.1. The van der Waals surface area contributed by atoms with E-state index in [0.717, 1.165) is 11.1 Å². The molecule has 1 atom stereocenters. The first-order chi connectivity index (χ1) is 13.9. The van der Waals surface area contributed by atoms with Crippen molar-refractivity contribution in [1.82, 2.24) is 15.5 Å². The van der Waals surface area contributed by atoms with Gasteiger partial charge in [-0.15, -0.1) is 0 Å². The summed E-state index contributed by atoms with van der Waals surface area (Å²) in [6, 6.07) is 6.86. The third kappa shape index (κ3) is 7.28. The molecule has 8 nitrogen and oxygen atoms in total. The zero-order valence-corrected chi connectivity index (χ0v) is 17.3. The molecule has 1 unspecified atom stereocenters. The smallest absolute Gasteiger partial charge is 0.308 e. The fraction of sp³-hybridized carbons (Fsp3) is 0.400. The molecule has 1 fully saturated rings. The van der Waals surface area contributed by atoms with Crippen molar-refractivity contribution < 1.29 is 23.9 Å². The third-order valence-electron chi connectivity index (χ3n) is 4.24. The molecule has 2 rings (SSSR count). The van der Waals surface area contributed by atoms with E-state index in [1.165, 1.54) is 18.1 Å². The van der Waals surface area contributed by atoms with Gasteiger partial charge in [0.2, 0.25) is 11.8 Å². The number of benzene rings is 1. The molecule has 2 N–H and O–H groups in total. The maximum Gasteiger partial charge on any atom is 0.308 e. The lowest BCUT2D eigenvalue weighted by molar-refractivity contribution is -0.148. The van der Waals surface area contributed by atoms with Crippen LogP contribution in [-0.2, 0) is 23.9 Å². The number of thiocarbonyl (C=S) groups is 1. The number of piperazine rings is 1. The molecule has 29 heavy (non-hydrogen) atoms. The normalized spacial score (nSPS) is 16.4. The minimum absolute atomic E-state index is 0.0908. The summed E-state index contributed by atoms with van der Waals surface area (Å²) in [5.41, 5.74) is 2.01. The highest BCUT2D eigenvalue weighted by molar-refractivity contribution is 7.80. The number of esters is 1. The molecular formula is C20H25N3O5S. The Balaban J connectivity index is 1.94. The molecule has 1 aliphatic rings. The van der Waals surface area contributed by atoms with E-state index in [-0.39, 0.29) is 30.7 Å². The molecule has 1 saturated heterocycles. The second kappa shape index (κ2) is 11.3. The van der Waals surface area contributed by atoms with Crippen LogP contribution in [0.4, 0.5) is 0 Å². The highest BCUT2D eigenvalue weighted by Gasteiger charge is 2.34. The van der Waals surface area contributed by atoms with Crippen LogP contribution in [0.2, 0.25) is 0 Å². The number of nitrogens with one attached hydrogen (secondary N) is 2. The summed E-state index contributed by atoms with van der Waals surface area (Å²) in [5, 5.41) is 5.37. The van der Waals surface area contributed by atoms with Crippen molar-refractivity contribution in [2.24, 2.45) is 0 Å². The van der Waals surface area contributed by atoms with Crippen molar-refractivity contribution in [3.8, 4) is 0 Å². The van der Waals surface area contributed by atoms with Gasteiger partial charge in [0, 0.05) is 26.3 Å². The SMILES string of the molecule is COCCOC(=O)CC1C(=O)NCCN1C(=S)NC(=O)C=Cc1ccc(C)cc1. The number of aryl methyl sites for hydroxylation is 1. The largest absolute Gasteiger partial charge is 0.463 e. The predicted octanol–water partition coefficient (Wildman–Crippen LogP) is 0.789. The van der Waals surface area contributed by atoms with Gasteiger partial charge in [0.25, 0.3) is 0 Å². The summed E-state index contributed by atoms with van der Waals surface area (Å²) in [4.78, 5) is 37.9. The van der Waals surface area contributed by atoms with E-state index < -0.39 is 17.9 Å². The Hall–Kier alpha value is -2.78. The van der Waals surface area contributed by atoms with Crippen LogP contribution in [0.5, 0.6) is 0 Å². The first kappa shape index (κ1) is 22.5. The van der Waals surface area contributed by atoms with E-state index in [4.69, 9.17) is 21.7 Å². The molecule has 0 aliphatic carbocycles. The van der Waals surface area contributed by atoms with Gasteiger partial charge in [-0.3, -0.25) is 19.7 Å². The van der Waals surface area contributed by atoms with E-state index in [1.54, 1.807) is 6.08 Å². The Morgan fingerprint density at radius 3 is 2.72 bits per heavy atom. The van der Waals surface area contributed by atoms with Crippen molar-refractivity contribution in [2.75, 3.05) is 33.4 Å². The lowest BCUT2D eigenvalue weighted by Crippen LogP contribution is -2.60. The van der Waals surface area contributed by atoms with Crippen LogP contribution >= 0.6 is 12.2 Å². The first-order valence-corrected chi connectivity index (χ1v) is 9.60. The van der Waals surface area contributed by atoms with Crippen molar-refractivity contribution in [3.05, 3.63) is 41.5 Å². The van der Waals surface area contributed by atoms with Gasteiger partial charge >= 0.3 is 5.97 Å². The Morgan fingerprint density at radius 2 is 2.03 bits per heavy atom. The molecule has 1 aromatic rings. The van der Waals surface area contributed by atoms with Gasteiger partial charge in [0.15, 0.2) is 5.11 Å². The summed E-state index contributed by atoms with van der Waals surface area (Å²) >= 11 is 5.30. The molecule has 156 valence electrons. The molecular weight excluding hydrogens is 394 g/mol. The van der Waals surface area contributed by atoms with Gasteiger partial charge in [0.05, 0.1) is 13.0 Å². The maximum absolute atomic E-state index is 12.2. The van der Waals surface area contributed by atoms with Gasteiger partial charge in [-0.25, -0.2) is 0 Å². The van der Waals surface area contributed by atoms with Gasteiger partial charge in [0.1, 0.15) is 12.6 Å². The van der Waals surface area contributed by atoms with Crippen LogP contribution in [0.15, 0.2) is 30.3 Å². The monoisotopic (exact) mass is 419 g/mol. The number of methoxy groups -OCH3 is 1. The number of carbonyl (C=O) groups is 3. The summed E-state index contributed by atoms with van der Waals surface area (Å²) in [5.74, 6) is -1.29. The van der Waals surface area contributed by atoms with Crippen LogP contribution in [-0.4, -0.2) is 67.3 Å². The zero-order chi connectivity index (χ0) is 21.2. The van der Waals surface area contributed by atoms with Crippen molar-refractivity contribution in [3.63, 3.8) is 0 Å². The second-order valence-corrected chi connectivity index (χ2v) is 6.84. The second-order valence-electron chi connectivity index (χ2n) is 6.46. The van der Waals surface area contributed by atoms with Gasteiger partial charge < -0.3 is 19.7 Å². The number of ether oxygens (including phenoxy) is 2. The Labute approximate surface area is 175 Å². The first-order valence-electron chi connectivity index (χ1n) is 9.19. The minimum atomic E-state index is -0.840. The molecule has 0 saturated carbocycles. The van der Waals surface area contributed by atoms with Gasteiger partial charge in [-0.1, -0.05) is 29.8 Å². The lowest BCUT2D eigenvalue weighted by Gasteiger charge is -2.36. The topological polar surface area (TPSA) is 97.0 Å². The summed E-state index contributed by atoms with van der Waals surface area (Å²) in [6.45, 7) is 3.10. The Morgan fingerprint density at radius 1 is 1.31 bits per heavy atom. The van der Waals surface area contributed by atoms with Gasteiger partial charge in [-0.05, 0) is 30.8 Å². The fourth-order valence-electron chi connectivity index (χ4n) is 2.68. The standard InChI is InChI=1S/C20H25N3O5S/c1-14-3-5-15(6-4-14)7-8-17(24)22-20(29)23-10-9-21-19(26)16(23)13-18(25)28-12-11-27-2/h3-8,16H,9-13H2,1-2H3,(H,21,26)(H,22,24,29). The molecule has 0 spiro atoms. The number of hydrogen-bond acceptors (Lipinski definition) is 6. The predicted molar refractivity (Wildman–Crippen MR) is 112 cm³/mol. The summed E-state index contributed by atoms with van der Waals surface area (Å²) in [7, 11) is 1.50. The maximum atomic E-state index is 12.2. The zero-order valence-electron chi connectivity index (χ0n) is 16.5. The molecule has 1 aliphatic heterocycles. The molecule has 1 heterocycles. The number of nitrogens with zero attached hydrogens (tertiary/aromatic N) is 1. The average molecular weight is 420 g/mol. The summed E-state index contributed by atoms with van der Waals surface area (Å²) in [6.07, 6.45) is 2.87. The third-order valence-corrected chi connectivity index (χ3v) is 4.57. The van der Waals surface area contributed by atoms with Gasteiger partial charge in [-0.2, -0.15) is 0 Å². The molecule has 0 bridgehead atoms. The number of carbonyl (C=O) groups excluding carboxylic acids is 3. The fourth-order valence-corrected chi connectivity index (χ4v) is 3.00. The molecule has 1 aromatic carbocycles. The van der Waals surface area contributed by atoms with Crippen LogP contribution in [0.1, 0.15) is 17.5 Å². The van der Waals surface area contributed by atoms with E-state index >= 15 is 0 Å². The number of rotatable bonds is 7. The van der Waals surface area contributed by atoms with E-state index in [0.29, 0.717) is 13.1 Å². The minimum Gasteiger partial charge on any atom is -0.463 e. The number of hydrogen-bond donors (Lipinski definition) is 2. The van der Waals surface area contributed by atoms with Crippen molar-refractivity contribution >= 4 is 41.2 Å². The van der Waals surface area contributed by atoms with E-state index in [2.05, 4.69) is 10.6 Å². The number of amides is 2. The Kier molecular flexibility index (Phi) is 8.75. The van der Waals surface area contributed by atoms with Crippen LogP contribution in [0.3, 0.4) is 0 Å². The van der Waals surface area contributed by atoms with E-state index in [9.17, 15) is 14.4 Å². The molecule has 2 amide bonds. The molecule has 9 heteroatoms. The van der Waals surface area contributed by atoms with Crippen LogP contribution in [0, 0.1) is 6.92 Å². The van der Waals surface area contributed by atoms with Crippen LogP contribution in [0.25, 0.3) is 6.08 Å². The van der Waals surface area contributed by atoms with E-state index in [1.807, 2.05) is 31.2 Å². The highest BCUT2D eigenvalue weighted by Crippen LogP contribution is 2.11. The van der Waals surface area contributed by atoms with Crippen molar-refractivity contribution in [1.29, 1.82) is 0 Å². The molecule has 0 aromatic heterocycles. The average Bonchev–Trinajstić information content (AvgIpc) is 2.69. The quantitative estimate of drug-likeness (QED) is 0.292. The van der Waals surface area contributed by atoms with Crippen LogP contribution < -0.4 is 10.6 Å². The Bertz CT molecular complexity index is 779. The van der Waals surface area contributed by atoms with Crippen molar-refractivity contribution in [2.45, 2.75) is 19.4 Å². The summed E-state index contributed by atoms with van der Waals surface area (Å²) < 4.78 is 9.85. The lowest BCUT2D eigenvalue weighted by atomic mass is 10.1. The molecule has 0 radical (unpaired) electrons.